The van der Waals surface area contributed by atoms with Gasteiger partial charge in [-0.2, -0.15) is 13.2 Å². The Balaban J connectivity index is 2.39. The van der Waals surface area contributed by atoms with Gasteiger partial charge >= 0.3 is 6.18 Å². The lowest BCUT2D eigenvalue weighted by Gasteiger charge is -2.43. The predicted molar refractivity (Wildman–Crippen MR) is 45.8 cm³/mol. The smallest absolute Gasteiger partial charge is 0.265 e. The molecule has 0 unspecified atom stereocenters. The highest BCUT2D eigenvalue weighted by Gasteiger charge is 2.59. The van der Waals surface area contributed by atoms with Crippen molar-refractivity contribution in [3.05, 3.63) is 30.1 Å². The molecule has 0 N–H and O–H groups in total. The van der Waals surface area contributed by atoms with Crippen LogP contribution in [-0.2, 0) is 5.41 Å². The van der Waals surface area contributed by atoms with Crippen LogP contribution in [0.1, 0.15) is 24.8 Å². The van der Waals surface area contributed by atoms with Gasteiger partial charge in [-0.15, -0.1) is 0 Å². The minimum Gasteiger partial charge on any atom is -0.265 e. The summed E-state index contributed by atoms with van der Waals surface area (Å²) < 4.78 is 38.5. The monoisotopic (exact) mass is 201 g/mol. The van der Waals surface area contributed by atoms with Crippen molar-refractivity contribution in [3.8, 4) is 0 Å². The van der Waals surface area contributed by atoms with Crippen LogP contribution in [0.3, 0.4) is 0 Å². The molecule has 0 aromatic carbocycles. The molecule has 1 heterocycles. The first-order valence-electron chi connectivity index (χ1n) is 4.53. The maximum atomic E-state index is 12.8. The van der Waals surface area contributed by atoms with Crippen molar-refractivity contribution in [2.24, 2.45) is 0 Å². The van der Waals surface area contributed by atoms with Gasteiger partial charge in [0.2, 0.25) is 0 Å². The number of alkyl halides is 3. The Morgan fingerprint density at radius 2 is 1.71 bits per heavy atom. The van der Waals surface area contributed by atoms with Crippen molar-refractivity contribution in [2.75, 3.05) is 0 Å². The summed E-state index contributed by atoms with van der Waals surface area (Å²) in [7, 11) is 0. The maximum absolute atomic E-state index is 12.8. The third-order valence-corrected chi connectivity index (χ3v) is 2.98. The maximum Gasteiger partial charge on any atom is 0.398 e. The first-order valence-corrected chi connectivity index (χ1v) is 4.53. The fourth-order valence-electron chi connectivity index (χ4n) is 1.94. The lowest BCUT2D eigenvalue weighted by molar-refractivity contribution is -0.212. The molecule has 0 saturated heterocycles. The molecular formula is C10H10F3N. The van der Waals surface area contributed by atoms with Gasteiger partial charge in [-0.25, -0.2) is 0 Å². The minimum atomic E-state index is -4.13. The van der Waals surface area contributed by atoms with Gasteiger partial charge in [0, 0.05) is 12.4 Å². The molecule has 1 aliphatic carbocycles. The summed E-state index contributed by atoms with van der Waals surface area (Å²) in [6.45, 7) is 0. The van der Waals surface area contributed by atoms with E-state index in [1.165, 1.54) is 24.5 Å². The second-order valence-electron chi connectivity index (χ2n) is 3.67. The molecule has 0 atom stereocenters. The van der Waals surface area contributed by atoms with Gasteiger partial charge in [0.15, 0.2) is 0 Å². The zero-order valence-corrected chi connectivity index (χ0v) is 7.51. The first-order chi connectivity index (χ1) is 6.56. The topological polar surface area (TPSA) is 12.9 Å². The Hall–Kier alpha value is -1.06. The van der Waals surface area contributed by atoms with Crippen LogP contribution in [0, 0.1) is 0 Å². The first kappa shape index (κ1) is 9.49. The lowest BCUT2D eigenvalue weighted by atomic mass is 9.64. The Bertz CT molecular complexity index is 314. The predicted octanol–water partition coefficient (Wildman–Crippen LogP) is 3.07. The number of halogens is 3. The van der Waals surface area contributed by atoms with E-state index in [9.17, 15) is 13.2 Å². The Labute approximate surface area is 80.0 Å². The van der Waals surface area contributed by atoms with Gasteiger partial charge < -0.3 is 0 Å². The fourth-order valence-corrected chi connectivity index (χ4v) is 1.94. The third kappa shape index (κ3) is 1.21. The van der Waals surface area contributed by atoms with E-state index in [2.05, 4.69) is 4.98 Å². The van der Waals surface area contributed by atoms with Crippen molar-refractivity contribution < 1.29 is 13.2 Å². The van der Waals surface area contributed by atoms with Crippen molar-refractivity contribution in [2.45, 2.75) is 30.9 Å². The molecule has 1 aromatic heterocycles. The van der Waals surface area contributed by atoms with E-state index in [-0.39, 0.29) is 12.8 Å². The van der Waals surface area contributed by atoms with Crippen LogP contribution in [0.25, 0.3) is 0 Å². The van der Waals surface area contributed by atoms with E-state index < -0.39 is 11.6 Å². The molecule has 1 nitrogen and oxygen atoms in total. The quantitative estimate of drug-likeness (QED) is 0.680. The molecule has 1 saturated carbocycles. The van der Waals surface area contributed by atoms with Crippen LogP contribution in [-0.4, -0.2) is 11.2 Å². The van der Waals surface area contributed by atoms with E-state index in [1.807, 2.05) is 0 Å². The number of rotatable bonds is 1. The molecule has 0 spiro atoms. The molecule has 1 aromatic rings. The SMILES string of the molecule is FC(F)(F)C1(c2ccncc2)CCC1. The number of pyridine rings is 1. The van der Waals surface area contributed by atoms with E-state index in [0.717, 1.165) is 0 Å². The zero-order chi connectivity index (χ0) is 10.2. The second-order valence-corrected chi connectivity index (χ2v) is 3.67. The molecule has 14 heavy (non-hydrogen) atoms. The van der Waals surface area contributed by atoms with Crippen LogP contribution in [0.2, 0.25) is 0 Å². The highest BCUT2D eigenvalue weighted by Crippen LogP contribution is 2.54. The van der Waals surface area contributed by atoms with E-state index >= 15 is 0 Å². The van der Waals surface area contributed by atoms with Crippen LogP contribution >= 0.6 is 0 Å². The lowest BCUT2D eigenvalue weighted by Crippen LogP contribution is -2.47. The van der Waals surface area contributed by atoms with Crippen LogP contribution in [0.15, 0.2) is 24.5 Å². The normalized spacial score (nSPS) is 20.2. The highest BCUT2D eigenvalue weighted by atomic mass is 19.4. The van der Waals surface area contributed by atoms with Crippen molar-refractivity contribution in [1.29, 1.82) is 0 Å². The van der Waals surface area contributed by atoms with Crippen LogP contribution in [0.4, 0.5) is 13.2 Å². The molecule has 4 heteroatoms. The molecule has 0 aliphatic heterocycles. The summed E-state index contributed by atoms with van der Waals surface area (Å²) in [5, 5.41) is 0. The summed E-state index contributed by atoms with van der Waals surface area (Å²) in [5.41, 5.74) is -1.23. The Kier molecular flexibility index (Phi) is 2.01. The summed E-state index contributed by atoms with van der Waals surface area (Å²) in [5.74, 6) is 0. The van der Waals surface area contributed by atoms with Gasteiger partial charge in [0.25, 0.3) is 0 Å². The number of aromatic nitrogens is 1. The van der Waals surface area contributed by atoms with Crippen molar-refractivity contribution >= 4 is 0 Å². The summed E-state index contributed by atoms with van der Waals surface area (Å²) in [6, 6.07) is 2.93. The minimum absolute atomic E-state index is 0.209. The van der Waals surface area contributed by atoms with Gasteiger partial charge in [-0.3, -0.25) is 4.98 Å². The average Bonchev–Trinajstić information content (AvgIpc) is 2.01. The van der Waals surface area contributed by atoms with Gasteiger partial charge in [0.05, 0.1) is 5.41 Å². The largest absolute Gasteiger partial charge is 0.398 e. The Morgan fingerprint density at radius 1 is 1.14 bits per heavy atom. The van der Waals surface area contributed by atoms with E-state index in [0.29, 0.717) is 12.0 Å². The van der Waals surface area contributed by atoms with E-state index in [1.54, 1.807) is 0 Å². The molecule has 1 fully saturated rings. The van der Waals surface area contributed by atoms with Gasteiger partial charge in [-0.1, -0.05) is 6.42 Å². The average molecular weight is 201 g/mol. The summed E-state index contributed by atoms with van der Waals surface area (Å²) in [6.07, 6.45) is -0.224. The summed E-state index contributed by atoms with van der Waals surface area (Å²) in [4.78, 5) is 3.73. The highest BCUT2D eigenvalue weighted by molar-refractivity contribution is 5.28. The Morgan fingerprint density at radius 3 is 2.07 bits per heavy atom. The number of nitrogens with zero attached hydrogens (tertiary/aromatic N) is 1. The number of hydrogen-bond acceptors (Lipinski definition) is 1. The molecule has 0 amide bonds. The standard InChI is InChI=1S/C10H10F3N/c11-10(12,13)9(4-1-5-9)8-2-6-14-7-3-8/h2-3,6-7H,1,4-5H2. The summed E-state index contributed by atoms with van der Waals surface area (Å²) >= 11 is 0. The van der Waals surface area contributed by atoms with Crippen LogP contribution < -0.4 is 0 Å². The van der Waals surface area contributed by atoms with E-state index in [4.69, 9.17) is 0 Å². The zero-order valence-electron chi connectivity index (χ0n) is 7.51. The fraction of sp³-hybridized carbons (Fsp3) is 0.500. The van der Waals surface area contributed by atoms with Crippen LogP contribution in [0.5, 0.6) is 0 Å². The molecular weight excluding hydrogens is 191 g/mol. The number of hydrogen-bond donors (Lipinski definition) is 0. The van der Waals surface area contributed by atoms with Crippen molar-refractivity contribution in [3.63, 3.8) is 0 Å². The van der Waals surface area contributed by atoms with Gasteiger partial charge in [0.1, 0.15) is 0 Å². The molecule has 2 rings (SSSR count). The van der Waals surface area contributed by atoms with Crippen molar-refractivity contribution in [1.82, 2.24) is 4.98 Å². The molecule has 1 aliphatic rings. The molecule has 76 valence electrons. The second kappa shape index (κ2) is 2.97. The third-order valence-electron chi connectivity index (χ3n) is 2.98. The van der Waals surface area contributed by atoms with Gasteiger partial charge in [-0.05, 0) is 30.5 Å². The molecule has 0 bridgehead atoms. The molecule has 0 radical (unpaired) electrons.